The Morgan fingerprint density at radius 2 is 2.12 bits per heavy atom. The lowest BCUT2D eigenvalue weighted by Crippen LogP contribution is -2.48. The van der Waals surface area contributed by atoms with E-state index in [2.05, 4.69) is 26.6 Å². The van der Waals surface area contributed by atoms with E-state index in [1.807, 2.05) is 12.1 Å². The molecule has 0 saturated carbocycles. The number of azide groups is 1. The van der Waals surface area contributed by atoms with Crippen molar-refractivity contribution in [3.05, 3.63) is 45.8 Å². The number of benzene rings is 1. The van der Waals surface area contributed by atoms with Gasteiger partial charge in [0.25, 0.3) is 0 Å². The van der Waals surface area contributed by atoms with Gasteiger partial charge in [0.15, 0.2) is 0 Å². The standard InChI is InChI=1S/C16H19N5O3/c1-3-13-4-6-14(7-5-13)10-18-16(23)15(20-12(2)22)11-24-9-8-19-21-17/h1,4-7,15H,8-11H2,2H3,(H,18,23)(H,20,22)/t15-/m1/s1. The first-order chi connectivity index (χ1) is 11.6. The number of hydrogen-bond acceptors (Lipinski definition) is 4. The van der Waals surface area contributed by atoms with Gasteiger partial charge in [-0.25, -0.2) is 0 Å². The van der Waals surface area contributed by atoms with Crippen molar-refractivity contribution in [2.75, 3.05) is 19.8 Å². The molecule has 8 nitrogen and oxygen atoms in total. The van der Waals surface area contributed by atoms with Gasteiger partial charge in [0.05, 0.1) is 13.2 Å². The minimum atomic E-state index is -0.821. The van der Waals surface area contributed by atoms with Crippen LogP contribution in [0.15, 0.2) is 29.4 Å². The summed E-state index contributed by atoms with van der Waals surface area (Å²) in [6.45, 7) is 1.94. The van der Waals surface area contributed by atoms with Gasteiger partial charge in [-0.1, -0.05) is 23.2 Å². The molecule has 0 aromatic heterocycles. The molecule has 126 valence electrons. The molecular formula is C16H19N5O3. The predicted molar refractivity (Wildman–Crippen MR) is 88.7 cm³/mol. The van der Waals surface area contributed by atoms with Gasteiger partial charge in [-0.2, -0.15) is 0 Å². The zero-order valence-corrected chi connectivity index (χ0v) is 13.4. The molecular weight excluding hydrogens is 310 g/mol. The fourth-order valence-corrected chi connectivity index (χ4v) is 1.81. The molecule has 0 radical (unpaired) electrons. The second-order valence-electron chi connectivity index (χ2n) is 4.84. The minimum Gasteiger partial charge on any atom is -0.379 e. The van der Waals surface area contributed by atoms with Crippen LogP contribution in [0.1, 0.15) is 18.1 Å². The summed E-state index contributed by atoms with van der Waals surface area (Å²) in [7, 11) is 0. The van der Waals surface area contributed by atoms with Crippen molar-refractivity contribution in [2.45, 2.75) is 19.5 Å². The van der Waals surface area contributed by atoms with Gasteiger partial charge in [-0.05, 0) is 23.2 Å². The Bertz CT molecular complexity index is 645. The van der Waals surface area contributed by atoms with Crippen LogP contribution in [-0.4, -0.2) is 37.6 Å². The first kappa shape index (κ1) is 19.0. The maximum Gasteiger partial charge on any atom is 0.245 e. The van der Waals surface area contributed by atoms with E-state index in [9.17, 15) is 9.59 Å². The third-order valence-electron chi connectivity index (χ3n) is 2.96. The van der Waals surface area contributed by atoms with Gasteiger partial charge in [-0.3, -0.25) is 9.59 Å². The average Bonchev–Trinajstić information content (AvgIpc) is 2.58. The maximum absolute atomic E-state index is 12.2. The number of nitrogens with one attached hydrogen (secondary N) is 2. The molecule has 0 aliphatic rings. The fraction of sp³-hybridized carbons (Fsp3) is 0.375. The van der Waals surface area contributed by atoms with Gasteiger partial charge in [0, 0.05) is 30.5 Å². The van der Waals surface area contributed by atoms with Crippen LogP contribution in [0.3, 0.4) is 0 Å². The molecule has 24 heavy (non-hydrogen) atoms. The zero-order chi connectivity index (χ0) is 17.8. The molecule has 0 unspecified atom stereocenters. The quantitative estimate of drug-likeness (QED) is 0.232. The highest BCUT2D eigenvalue weighted by Crippen LogP contribution is 2.03. The molecule has 0 bridgehead atoms. The number of hydrogen-bond donors (Lipinski definition) is 2. The largest absolute Gasteiger partial charge is 0.379 e. The van der Waals surface area contributed by atoms with E-state index in [4.69, 9.17) is 16.7 Å². The van der Waals surface area contributed by atoms with Crippen molar-refractivity contribution < 1.29 is 14.3 Å². The van der Waals surface area contributed by atoms with Gasteiger partial charge in [0.1, 0.15) is 6.04 Å². The Labute approximate surface area is 140 Å². The molecule has 0 saturated heterocycles. The predicted octanol–water partition coefficient (Wildman–Crippen LogP) is 1.12. The average molecular weight is 329 g/mol. The summed E-state index contributed by atoms with van der Waals surface area (Å²) in [6.07, 6.45) is 5.28. The lowest BCUT2D eigenvalue weighted by atomic mass is 10.1. The number of ether oxygens (including phenoxy) is 1. The normalized spacial score (nSPS) is 10.8. The molecule has 2 N–H and O–H groups in total. The Morgan fingerprint density at radius 1 is 1.42 bits per heavy atom. The van der Waals surface area contributed by atoms with Crippen molar-refractivity contribution in [1.82, 2.24) is 10.6 Å². The van der Waals surface area contributed by atoms with Crippen molar-refractivity contribution in [3.8, 4) is 12.3 Å². The summed E-state index contributed by atoms with van der Waals surface area (Å²) in [5.41, 5.74) is 9.81. The third-order valence-corrected chi connectivity index (χ3v) is 2.96. The molecule has 1 aromatic rings. The molecule has 0 aliphatic carbocycles. The molecule has 0 spiro atoms. The van der Waals surface area contributed by atoms with E-state index in [-0.39, 0.29) is 31.6 Å². The van der Waals surface area contributed by atoms with E-state index < -0.39 is 6.04 Å². The second-order valence-corrected chi connectivity index (χ2v) is 4.84. The Morgan fingerprint density at radius 3 is 2.71 bits per heavy atom. The molecule has 0 heterocycles. The summed E-state index contributed by atoms with van der Waals surface area (Å²) < 4.78 is 5.24. The fourth-order valence-electron chi connectivity index (χ4n) is 1.81. The van der Waals surface area contributed by atoms with E-state index in [0.717, 1.165) is 11.1 Å². The summed E-state index contributed by atoms with van der Waals surface area (Å²) >= 11 is 0. The highest BCUT2D eigenvalue weighted by Gasteiger charge is 2.19. The van der Waals surface area contributed by atoms with Crippen LogP contribution in [0.4, 0.5) is 0 Å². The van der Waals surface area contributed by atoms with Crippen LogP contribution < -0.4 is 10.6 Å². The van der Waals surface area contributed by atoms with E-state index in [1.165, 1.54) is 6.92 Å². The van der Waals surface area contributed by atoms with Crippen molar-refractivity contribution >= 4 is 11.8 Å². The molecule has 1 aromatic carbocycles. The van der Waals surface area contributed by atoms with E-state index in [1.54, 1.807) is 12.1 Å². The van der Waals surface area contributed by atoms with Crippen LogP contribution in [-0.2, 0) is 20.9 Å². The van der Waals surface area contributed by atoms with Crippen molar-refractivity contribution in [1.29, 1.82) is 0 Å². The van der Waals surface area contributed by atoms with Gasteiger partial charge < -0.3 is 15.4 Å². The molecule has 1 atom stereocenters. The van der Waals surface area contributed by atoms with Gasteiger partial charge in [-0.15, -0.1) is 6.42 Å². The van der Waals surface area contributed by atoms with Crippen molar-refractivity contribution in [2.24, 2.45) is 5.11 Å². The first-order valence-electron chi connectivity index (χ1n) is 7.25. The summed E-state index contributed by atoms with van der Waals surface area (Å²) in [4.78, 5) is 26.0. The number of amides is 2. The molecule has 0 aliphatic heterocycles. The van der Waals surface area contributed by atoms with Crippen LogP contribution >= 0.6 is 0 Å². The van der Waals surface area contributed by atoms with E-state index in [0.29, 0.717) is 6.54 Å². The van der Waals surface area contributed by atoms with Gasteiger partial charge in [0.2, 0.25) is 11.8 Å². The lowest BCUT2D eigenvalue weighted by molar-refractivity contribution is -0.129. The molecule has 1 rings (SSSR count). The third kappa shape index (κ3) is 7.31. The van der Waals surface area contributed by atoms with Crippen LogP contribution in [0, 0.1) is 12.3 Å². The first-order valence-corrected chi connectivity index (χ1v) is 7.25. The Hall–Kier alpha value is -3.01. The molecule has 8 heteroatoms. The Kier molecular flexibility index (Phi) is 8.47. The van der Waals surface area contributed by atoms with Crippen LogP contribution in [0.2, 0.25) is 0 Å². The summed E-state index contributed by atoms with van der Waals surface area (Å²) in [5.74, 6) is 1.81. The monoisotopic (exact) mass is 329 g/mol. The Balaban J connectivity index is 2.51. The minimum absolute atomic E-state index is 0.0115. The van der Waals surface area contributed by atoms with E-state index >= 15 is 0 Å². The highest BCUT2D eigenvalue weighted by atomic mass is 16.5. The number of rotatable bonds is 9. The maximum atomic E-state index is 12.2. The number of carbonyl (C=O) groups is 2. The van der Waals surface area contributed by atoms with Crippen molar-refractivity contribution in [3.63, 3.8) is 0 Å². The smallest absolute Gasteiger partial charge is 0.245 e. The zero-order valence-electron chi connectivity index (χ0n) is 13.4. The summed E-state index contributed by atoms with van der Waals surface area (Å²) in [5, 5.41) is 8.56. The topological polar surface area (TPSA) is 116 Å². The van der Waals surface area contributed by atoms with Crippen LogP contribution in [0.25, 0.3) is 10.4 Å². The number of nitrogens with zero attached hydrogens (tertiary/aromatic N) is 3. The highest BCUT2D eigenvalue weighted by molar-refractivity contribution is 5.86. The van der Waals surface area contributed by atoms with Crippen LogP contribution in [0.5, 0.6) is 0 Å². The molecule has 0 fully saturated rings. The second kappa shape index (κ2) is 10.7. The SMILES string of the molecule is C#Cc1ccc(CNC(=O)[C@@H](COCCN=[N+]=[N-])NC(C)=O)cc1. The van der Waals surface area contributed by atoms with Gasteiger partial charge >= 0.3 is 0 Å². The summed E-state index contributed by atoms with van der Waals surface area (Å²) in [6, 6.07) is 6.38. The number of carbonyl (C=O) groups excluding carboxylic acids is 2. The number of terminal acetylenes is 1. The molecule has 2 amide bonds. The lowest BCUT2D eigenvalue weighted by Gasteiger charge is -2.17.